The van der Waals surface area contributed by atoms with Gasteiger partial charge in [0.1, 0.15) is 0 Å². The van der Waals surface area contributed by atoms with E-state index in [1.807, 2.05) is 6.07 Å². The second-order valence-corrected chi connectivity index (χ2v) is 4.31. The zero-order valence-corrected chi connectivity index (χ0v) is 9.58. The number of benzene rings is 1. The van der Waals surface area contributed by atoms with Gasteiger partial charge in [0.25, 0.3) is 0 Å². The van der Waals surface area contributed by atoms with Gasteiger partial charge in [-0.25, -0.2) is 0 Å². The van der Waals surface area contributed by atoms with Gasteiger partial charge in [-0.05, 0) is 36.1 Å². The van der Waals surface area contributed by atoms with E-state index in [-0.39, 0.29) is 11.2 Å². The largest absolute Gasteiger partial charge is 0.504 e. The number of hydrogen-bond donors (Lipinski definition) is 2. The summed E-state index contributed by atoms with van der Waals surface area (Å²) in [6.45, 7) is 4.86. The van der Waals surface area contributed by atoms with Crippen LogP contribution in [0.15, 0.2) is 18.2 Å². The molecule has 1 aromatic rings. The molecule has 0 heterocycles. The topological polar surface area (TPSA) is 55.5 Å². The summed E-state index contributed by atoms with van der Waals surface area (Å²) in [5.41, 5.74) is 6.62. The average Bonchev–Trinajstić information content (AvgIpc) is 2.17. The van der Waals surface area contributed by atoms with Crippen LogP contribution in [0.25, 0.3) is 0 Å². The van der Waals surface area contributed by atoms with Gasteiger partial charge in [-0.2, -0.15) is 0 Å². The minimum Gasteiger partial charge on any atom is -0.504 e. The van der Waals surface area contributed by atoms with Crippen LogP contribution in [0.2, 0.25) is 0 Å². The Bertz CT molecular complexity index is 334. The summed E-state index contributed by atoms with van der Waals surface area (Å²) in [4.78, 5) is 0. The molecule has 0 saturated heterocycles. The summed E-state index contributed by atoms with van der Waals surface area (Å²) in [5, 5.41) is 9.67. The molecule has 0 aromatic heterocycles. The molecule has 84 valence electrons. The Kier molecular flexibility index (Phi) is 3.58. The predicted molar refractivity (Wildman–Crippen MR) is 61.4 cm³/mol. The maximum Gasteiger partial charge on any atom is 0.160 e. The maximum atomic E-state index is 9.67. The van der Waals surface area contributed by atoms with Gasteiger partial charge in [-0.1, -0.05) is 19.9 Å². The lowest BCUT2D eigenvalue weighted by molar-refractivity contribution is 0.371. The van der Waals surface area contributed by atoms with Crippen LogP contribution in [0.5, 0.6) is 11.5 Å². The van der Waals surface area contributed by atoms with Gasteiger partial charge in [0.05, 0.1) is 7.11 Å². The minimum atomic E-state index is -0.0154. The molecule has 1 aromatic carbocycles. The zero-order valence-electron chi connectivity index (χ0n) is 9.58. The number of nitrogens with two attached hydrogens (primary N) is 1. The Morgan fingerprint density at radius 1 is 1.40 bits per heavy atom. The fourth-order valence-corrected chi connectivity index (χ4v) is 1.62. The zero-order chi connectivity index (χ0) is 11.5. The second kappa shape index (κ2) is 4.53. The Morgan fingerprint density at radius 3 is 2.53 bits per heavy atom. The molecule has 0 radical (unpaired) electrons. The fourth-order valence-electron chi connectivity index (χ4n) is 1.62. The normalized spacial score (nSPS) is 11.5. The molecule has 3 N–H and O–H groups in total. The highest BCUT2D eigenvalue weighted by Gasteiger charge is 2.20. The van der Waals surface area contributed by atoms with Crippen LogP contribution < -0.4 is 10.5 Å². The highest BCUT2D eigenvalue weighted by Crippen LogP contribution is 2.33. The summed E-state index contributed by atoms with van der Waals surface area (Å²) in [7, 11) is 1.54. The van der Waals surface area contributed by atoms with E-state index < -0.39 is 0 Å². The second-order valence-electron chi connectivity index (χ2n) is 4.31. The van der Waals surface area contributed by atoms with Gasteiger partial charge in [0.2, 0.25) is 0 Å². The summed E-state index contributed by atoms with van der Waals surface area (Å²) in [6, 6.07) is 5.49. The summed E-state index contributed by atoms with van der Waals surface area (Å²) >= 11 is 0. The van der Waals surface area contributed by atoms with Crippen LogP contribution in [-0.4, -0.2) is 18.8 Å². The fraction of sp³-hybridized carbons (Fsp3) is 0.500. The Hall–Kier alpha value is -1.22. The average molecular weight is 209 g/mol. The number of methoxy groups -OCH3 is 1. The van der Waals surface area contributed by atoms with Crippen molar-refractivity contribution in [2.75, 3.05) is 13.7 Å². The molecular weight excluding hydrogens is 190 g/mol. The van der Waals surface area contributed by atoms with Gasteiger partial charge in [0, 0.05) is 0 Å². The number of rotatable bonds is 4. The molecule has 0 amide bonds. The third kappa shape index (κ3) is 2.63. The van der Waals surface area contributed by atoms with Crippen molar-refractivity contribution in [3.63, 3.8) is 0 Å². The number of phenols is 1. The lowest BCUT2D eigenvalue weighted by atomic mass is 9.81. The molecule has 0 bridgehead atoms. The molecule has 0 saturated carbocycles. The molecule has 3 heteroatoms. The maximum absolute atomic E-state index is 9.67. The molecule has 0 atom stereocenters. The highest BCUT2D eigenvalue weighted by molar-refractivity contribution is 5.43. The predicted octanol–water partition coefficient (Wildman–Crippen LogP) is 2.03. The molecule has 0 spiro atoms. The van der Waals surface area contributed by atoms with Crippen molar-refractivity contribution in [3.8, 4) is 11.5 Å². The van der Waals surface area contributed by atoms with E-state index in [9.17, 15) is 5.11 Å². The number of hydrogen-bond acceptors (Lipinski definition) is 3. The van der Waals surface area contributed by atoms with Crippen LogP contribution in [0, 0.1) is 0 Å². The van der Waals surface area contributed by atoms with E-state index in [1.165, 1.54) is 0 Å². The number of ether oxygens (including phenoxy) is 1. The SMILES string of the molecule is COc1ccc(C(C)(C)CCN)cc1O. The van der Waals surface area contributed by atoms with Crippen LogP contribution in [0.4, 0.5) is 0 Å². The lowest BCUT2D eigenvalue weighted by Crippen LogP contribution is -2.21. The minimum absolute atomic E-state index is 0.0154. The third-order valence-corrected chi connectivity index (χ3v) is 2.73. The highest BCUT2D eigenvalue weighted by atomic mass is 16.5. The van der Waals surface area contributed by atoms with Crippen LogP contribution >= 0.6 is 0 Å². The number of aromatic hydroxyl groups is 1. The first-order valence-electron chi connectivity index (χ1n) is 5.09. The molecule has 0 aliphatic heterocycles. The van der Waals surface area contributed by atoms with Gasteiger partial charge in [-0.3, -0.25) is 0 Å². The van der Waals surface area contributed by atoms with Crippen LogP contribution in [0.3, 0.4) is 0 Å². The molecule has 0 aliphatic carbocycles. The quantitative estimate of drug-likeness (QED) is 0.797. The standard InChI is InChI=1S/C12H19NO2/c1-12(2,6-7-13)9-4-5-11(15-3)10(14)8-9/h4-5,8,14H,6-7,13H2,1-3H3. The van der Waals surface area contributed by atoms with Crippen LogP contribution in [0.1, 0.15) is 25.8 Å². The van der Waals surface area contributed by atoms with Gasteiger partial charge in [0.15, 0.2) is 11.5 Å². The molecule has 0 aliphatic rings. The van der Waals surface area contributed by atoms with Crippen LogP contribution in [-0.2, 0) is 5.41 Å². The Labute approximate surface area is 90.9 Å². The van der Waals surface area contributed by atoms with E-state index >= 15 is 0 Å². The van der Waals surface area contributed by atoms with E-state index in [0.29, 0.717) is 12.3 Å². The third-order valence-electron chi connectivity index (χ3n) is 2.73. The van der Waals surface area contributed by atoms with Crippen molar-refractivity contribution < 1.29 is 9.84 Å². The molecule has 0 fully saturated rings. The van der Waals surface area contributed by atoms with E-state index in [0.717, 1.165) is 12.0 Å². The first kappa shape index (κ1) is 11.9. The van der Waals surface area contributed by atoms with Gasteiger partial charge < -0.3 is 15.6 Å². The monoisotopic (exact) mass is 209 g/mol. The summed E-state index contributed by atoms with van der Waals surface area (Å²) in [5.74, 6) is 0.683. The first-order valence-corrected chi connectivity index (χ1v) is 5.09. The van der Waals surface area contributed by atoms with Crippen molar-refractivity contribution in [3.05, 3.63) is 23.8 Å². The van der Waals surface area contributed by atoms with Crippen molar-refractivity contribution in [1.82, 2.24) is 0 Å². The molecule has 0 unspecified atom stereocenters. The van der Waals surface area contributed by atoms with Crippen molar-refractivity contribution in [2.24, 2.45) is 5.73 Å². The number of phenolic OH excluding ortho intramolecular Hbond substituents is 1. The first-order chi connectivity index (χ1) is 7.01. The smallest absolute Gasteiger partial charge is 0.160 e. The van der Waals surface area contributed by atoms with Crippen molar-refractivity contribution in [1.29, 1.82) is 0 Å². The molecule has 15 heavy (non-hydrogen) atoms. The lowest BCUT2D eigenvalue weighted by Gasteiger charge is -2.25. The van der Waals surface area contributed by atoms with E-state index in [1.54, 1.807) is 19.2 Å². The van der Waals surface area contributed by atoms with Gasteiger partial charge in [-0.15, -0.1) is 0 Å². The summed E-state index contributed by atoms with van der Waals surface area (Å²) < 4.78 is 5.00. The van der Waals surface area contributed by atoms with E-state index in [4.69, 9.17) is 10.5 Å². The molecular formula is C12H19NO2. The Morgan fingerprint density at radius 2 is 2.07 bits per heavy atom. The van der Waals surface area contributed by atoms with Crippen molar-refractivity contribution >= 4 is 0 Å². The van der Waals surface area contributed by atoms with E-state index in [2.05, 4.69) is 13.8 Å². The van der Waals surface area contributed by atoms with Gasteiger partial charge >= 0.3 is 0 Å². The molecule has 3 nitrogen and oxygen atoms in total. The molecule has 1 rings (SSSR count). The van der Waals surface area contributed by atoms with Crippen molar-refractivity contribution in [2.45, 2.75) is 25.7 Å². The Balaban J connectivity index is 3.01. The summed E-state index contributed by atoms with van der Waals surface area (Å²) in [6.07, 6.45) is 0.888.